The first-order valence-corrected chi connectivity index (χ1v) is 7.55. The van der Waals surface area contributed by atoms with E-state index in [1.165, 1.54) is 0 Å². The van der Waals surface area contributed by atoms with E-state index >= 15 is 0 Å². The number of carbonyl (C=O) groups is 1. The molecule has 22 heavy (non-hydrogen) atoms. The third-order valence-corrected chi connectivity index (χ3v) is 3.23. The molecule has 8 heteroatoms. The van der Waals surface area contributed by atoms with Gasteiger partial charge in [0.2, 0.25) is 5.91 Å². The van der Waals surface area contributed by atoms with E-state index in [0.29, 0.717) is 12.5 Å². The number of carbonyl (C=O) groups excluding carboxylic acids is 1. The van der Waals surface area contributed by atoms with Crippen LogP contribution in [0.3, 0.4) is 0 Å². The maximum atomic E-state index is 11.0. The van der Waals surface area contributed by atoms with Crippen LogP contribution in [0, 0.1) is 5.92 Å². The van der Waals surface area contributed by atoms with Crippen molar-refractivity contribution >= 4 is 17.8 Å². The van der Waals surface area contributed by atoms with Gasteiger partial charge in [-0.25, -0.2) is 4.99 Å². The van der Waals surface area contributed by atoms with Gasteiger partial charge in [-0.05, 0) is 5.92 Å². The molecule has 0 aliphatic carbocycles. The summed E-state index contributed by atoms with van der Waals surface area (Å²) < 4.78 is 0.938. The summed E-state index contributed by atoms with van der Waals surface area (Å²) in [6.07, 6.45) is 2.15. The molecule has 1 unspecified atom stereocenters. The maximum Gasteiger partial charge on any atom is 0.241 e. The molecule has 0 saturated heterocycles. The van der Waals surface area contributed by atoms with Crippen LogP contribution >= 0.6 is 0 Å². The number of nitrogens with two attached hydrogens (primary N) is 2. The average Bonchev–Trinajstić information content (AvgIpc) is 2.43. The Morgan fingerprint density at radius 1 is 1.18 bits per heavy atom. The van der Waals surface area contributed by atoms with Gasteiger partial charge in [-0.3, -0.25) is 15.1 Å². The minimum absolute atomic E-state index is 0.0380. The predicted octanol–water partition coefficient (Wildman–Crippen LogP) is -0.926. The van der Waals surface area contributed by atoms with Crippen molar-refractivity contribution in [3.63, 3.8) is 0 Å². The number of rotatable bonds is 8. The normalized spacial score (nSPS) is 14.6. The molecule has 6 N–H and O–H groups in total. The predicted molar refractivity (Wildman–Crippen MR) is 91.5 cm³/mol. The molecule has 1 amide bonds. The summed E-state index contributed by atoms with van der Waals surface area (Å²) >= 11 is 0. The highest BCUT2D eigenvalue weighted by molar-refractivity contribution is 5.97. The van der Waals surface area contributed by atoms with Crippen molar-refractivity contribution in [1.29, 1.82) is 0 Å². The number of guanidine groups is 2. The highest BCUT2D eigenvalue weighted by Gasteiger charge is 2.12. The molecule has 8 nitrogen and oxygen atoms in total. The van der Waals surface area contributed by atoms with Crippen LogP contribution in [-0.2, 0) is 4.79 Å². The van der Waals surface area contributed by atoms with Gasteiger partial charge in [0.15, 0.2) is 11.9 Å². The fourth-order valence-electron chi connectivity index (χ4n) is 1.67. The number of hydrogen-bond acceptors (Lipinski definition) is 3. The van der Waals surface area contributed by atoms with Gasteiger partial charge >= 0.3 is 0 Å². The zero-order chi connectivity index (χ0) is 17.2. The van der Waals surface area contributed by atoms with E-state index in [2.05, 4.69) is 48.7 Å². The van der Waals surface area contributed by atoms with Crippen LogP contribution in [0.1, 0.15) is 19.8 Å². The van der Waals surface area contributed by atoms with Crippen LogP contribution in [0.4, 0.5) is 0 Å². The lowest BCUT2D eigenvalue weighted by molar-refractivity contribution is -0.870. The lowest BCUT2D eigenvalue weighted by Gasteiger charge is -2.25. The Kier molecular flexibility index (Phi) is 9.16. The first kappa shape index (κ1) is 20.2. The summed E-state index contributed by atoms with van der Waals surface area (Å²) in [6, 6.07) is 0. The Labute approximate surface area is 133 Å². The number of quaternary nitrogens is 1. The maximum absolute atomic E-state index is 11.0. The van der Waals surface area contributed by atoms with Gasteiger partial charge in [-0.15, -0.1) is 0 Å². The number of nitrogens with zero attached hydrogens (tertiary/aromatic N) is 3. The van der Waals surface area contributed by atoms with Crippen LogP contribution in [0.5, 0.6) is 0 Å². The van der Waals surface area contributed by atoms with Crippen molar-refractivity contribution in [2.45, 2.75) is 19.8 Å². The van der Waals surface area contributed by atoms with Crippen molar-refractivity contribution < 1.29 is 9.28 Å². The molecule has 0 aromatic rings. The molecule has 0 fully saturated rings. The molecular weight excluding hydrogens is 282 g/mol. The van der Waals surface area contributed by atoms with Gasteiger partial charge in [-0.1, -0.05) is 13.3 Å². The van der Waals surface area contributed by atoms with Gasteiger partial charge in [0.1, 0.15) is 6.54 Å². The summed E-state index contributed by atoms with van der Waals surface area (Å²) in [7, 11) is 8.07. The molecule has 0 aliphatic rings. The molecule has 0 bridgehead atoms. The largest absolute Gasteiger partial charge is 0.370 e. The van der Waals surface area contributed by atoms with Gasteiger partial charge < -0.3 is 21.3 Å². The molecule has 0 heterocycles. The van der Waals surface area contributed by atoms with Crippen LogP contribution in [-0.4, -0.2) is 70.1 Å². The van der Waals surface area contributed by atoms with E-state index in [-0.39, 0.29) is 24.4 Å². The fourth-order valence-corrected chi connectivity index (χ4v) is 1.67. The summed E-state index contributed by atoms with van der Waals surface area (Å²) in [5.74, 6) is 0.583. The second-order valence-electron chi connectivity index (χ2n) is 6.30. The molecule has 0 aromatic heterocycles. The topological polar surface area (TPSA) is 118 Å². The van der Waals surface area contributed by atoms with E-state index in [9.17, 15) is 4.79 Å². The Morgan fingerprint density at radius 3 is 2.27 bits per heavy atom. The van der Waals surface area contributed by atoms with E-state index in [4.69, 9.17) is 11.5 Å². The molecule has 0 aromatic carbocycles. The highest BCUT2D eigenvalue weighted by atomic mass is 16.1. The molecule has 128 valence electrons. The summed E-state index contributed by atoms with van der Waals surface area (Å²) in [4.78, 5) is 19.2. The Balaban J connectivity index is 4.31. The smallest absolute Gasteiger partial charge is 0.241 e. The minimum Gasteiger partial charge on any atom is -0.370 e. The second kappa shape index (κ2) is 9.99. The summed E-state index contributed by atoms with van der Waals surface area (Å²) in [6.45, 7) is 3.86. The van der Waals surface area contributed by atoms with Crippen molar-refractivity contribution in [3.8, 4) is 0 Å². The third kappa shape index (κ3) is 10.9. The van der Waals surface area contributed by atoms with Gasteiger partial charge in [0.05, 0.1) is 27.7 Å². The Hall–Kier alpha value is -1.83. The lowest BCUT2D eigenvalue weighted by atomic mass is 10.0. The van der Waals surface area contributed by atoms with Crippen LogP contribution < -0.4 is 22.1 Å². The van der Waals surface area contributed by atoms with E-state index in [1.54, 1.807) is 7.05 Å². The number of amides is 1. The lowest BCUT2D eigenvalue weighted by Crippen LogP contribution is -2.42. The first-order chi connectivity index (χ1) is 10.2. The molecule has 0 saturated carbocycles. The van der Waals surface area contributed by atoms with Crippen LogP contribution in [0.15, 0.2) is 9.98 Å². The summed E-state index contributed by atoms with van der Waals surface area (Å²) in [5.41, 5.74) is 11.4. The Morgan fingerprint density at radius 2 is 1.77 bits per heavy atom. The highest BCUT2D eigenvalue weighted by Crippen LogP contribution is 2.10. The molecular formula is C14H32N7O+. The van der Waals surface area contributed by atoms with E-state index in [1.807, 2.05) is 0 Å². The van der Waals surface area contributed by atoms with Gasteiger partial charge in [-0.2, -0.15) is 0 Å². The zero-order valence-electron chi connectivity index (χ0n) is 14.5. The van der Waals surface area contributed by atoms with Crippen molar-refractivity contribution in [2.75, 3.05) is 47.8 Å². The zero-order valence-corrected chi connectivity index (χ0v) is 14.5. The quantitative estimate of drug-likeness (QED) is 0.263. The Bertz CT molecular complexity index is 398. The summed E-state index contributed by atoms with van der Waals surface area (Å²) in [5, 5.41) is 5.14. The second-order valence-corrected chi connectivity index (χ2v) is 6.30. The number of aliphatic imine (C=N–C) groups is 2. The van der Waals surface area contributed by atoms with E-state index < -0.39 is 0 Å². The SMILES string of the molecule is CCC(CC[N+](C)(C)C)CN=C(N)NC(N)=NCC(=O)NC. The monoisotopic (exact) mass is 314 g/mol. The van der Waals surface area contributed by atoms with Crippen molar-refractivity contribution in [1.82, 2.24) is 10.6 Å². The third-order valence-electron chi connectivity index (χ3n) is 3.23. The number of hydrogen-bond donors (Lipinski definition) is 4. The molecule has 0 spiro atoms. The standard InChI is InChI=1S/C14H31N7O/c1-6-11(7-8-21(3,4)5)9-18-13(15)20-14(16)19-10-12(22)17-2/h11H,6-10H2,1-5H3,(H5-,15,16,17,18,19,20,22)/p+1. The van der Waals surface area contributed by atoms with Crippen LogP contribution in [0.25, 0.3) is 0 Å². The molecule has 1 atom stereocenters. The average molecular weight is 314 g/mol. The minimum atomic E-state index is -0.216. The first-order valence-electron chi connectivity index (χ1n) is 7.55. The van der Waals surface area contributed by atoms with Crippen LogP contribution in [0.2, 0.25) is 0 Å². The molecule has 0 rings (SSSR count). The van der Waals surface area contributed by atoms with Crippen molar-refractivity contribution in [2.24, 2.45) is 27.4 Å². The van der Waals surface area contributed by atoms with E-state index in [0.717, 1.165) is 23.9 Å². The molecule has 0 radical (unpaired) electrons. The fraction of sp³-hybridized carbons (Fsp3) is 0.786. The van der Waals surface area contributed by atoms with Gasteiger partial charge in [0.25, 0.3) is 0 Å². The van der Waals surface area contributed by atoms with Crippen molar-refractivity contribution in [3.05, 3.63) is 0 Å². The number of likely N-dealkylation sites (N-methyl/N-ethyl adjacent to an activating group) is 1. The number of nitrogens with one attached hydrogen (secondary N) is 2. The molecule has 0 aliphatic heterocycles. The van der Waals surface area contributed by atoms with Gasteiger partial charge in [0, 0.05) is 20.0 Å².